The summed E-state index contributed by atoms with van der Waals surface area (Å²) in [7, 11) is 0. The molecule has 0 saturated heterocycles. The predicted molar refractivity (Wildman–Crippen MR) is 86.0 cm³/mol. The zero-order valence-corrected chi connectivity index (χ0v) is 12.9. The molecule has 1 aromatic carbocycles. The van der Waals surface area contributed by atoms with Crippen LogP contribution in [0.4, 0.5) is 5.69 Å². The van der Waals surface area contributed by atoms with E-state index in [4.69, 9.17) is 11.6 Å². The van der Waals surface area contributed by atoms with Gasteiger partial charge in [0.05, 0.1) is 16.8 Å². The minimum Gasteiger partial charge on any atom is -0.508 e. The van der Waals surface area contributed by atoms with Crippen molar-refractivity contribution in [2.45, 2.75) is 25.4 Å². The third kappa shape index (κ3) is 3.09. The summed E-state index contributed by atoms with van der Waals surface area (Å²) < 4.78 is 0. The molecule has 23 heavy (non-hydrogen) atoms. The van der Waals surface area contributed by atoms with E-state index in [1.165, 1.54) is 24.3 Å². The molecule has 1 unspecified atom stereocenters. The van der Waals surface area contributed by atoms with Gasteiger partial charge in [0.15, 0.2) is 0 Å². The number of aliphatic hydroxyl groups excluding tert-OH is 1. The number of phenolic OH excluding ortho intramolecular Hbond substituents is 1. The molecule has 0 spiro atoms. The maximum absolute atomic E-state index is 12.3. The number of pyridine rings is 1. The van der Waals surface area contributed by atoms with Crippen LogP contribution in [0.2, 0.25) is 5.02 Å². The summed E-state index contributed by atoms with van der Waals surface area (Å²) in [6, 6.07) is 5.54. The molecule has 0 saturated carbocycles. The first-order valence-corrected chi connectivity index (χ1v) is 7.57. The molecular formula is C16H15ClN2O4. The van der Waals surface area contributed by atoms with E-state index in [9.17, 15) is 19.8 Å². The van der Waals surface area contributed by atoms with E-state index in [0.717, 1.165) is 6.42 Å². The number of H-pyrrole nitrogens is 1. The zero-order valence-electron chi connectivity index (χ0n) is 12.1. The fraction of sp³-hybridized carbons (Fsp3) is 0.250. The summed E-state index contributed by atoms with van der Waals surface area (Å²) in [4.78, 5) is 27.1. The first kappa shape index (κ1) is 15.6. The van der Waals surface area contributed by atoms with Crippen LogP contribution in [-0.4, -0.2) is 21.1 Å². The number of halogens is 1. The highest BCUT2D eigenvalue weighted by Crippen LogP contribution is 2.29. The molecule has 1 heterocycles. The summed E-state index contributed by atoms with van der Waals surface area (Å²) in [5.41, 5.74) is 0.942. The predicted octanol–water partition coefficient (Wildman–Crippen LogP) is 2.36. The number of fused-ring (bicyclic) bond motifs is 1. The second-order valence-corrected chi connectivity index (χ2v) is 5.88. The third-order valence-corrected chi connectivity index (χ3v) is 4.18. The minimum absolute atomic E-state index is 0.0252. The van der Waals surface area contributed by atoms with E-state index in [-0.39, 0.29) is 22.0 Å². The van der Waals surface area contributed by atoms with E-state index >= 15 is 0 Å². The summed E-state index contributed by atoms with van der Waals surface area (Å²) >= 11 is 5.94. The molecule has 2 aromatic rings. The second kappa shape index (κ2) is 6.06. The van der Waals surface area contributed by atoms with Gasteiger partial charge < -0.3 is 20.5 Å². The Kier molecular flexibility index (Phi) is 4.11. The van der Waals surface area contributed by atoms with Crippen LogP contribution in [0.25, 0.3) is 0 Å². The van der Waals surface area contributed by atoms with Crippen LogP contribution in [0.3, 0.4) is 0 Å². The highest BCUT2D eigenvalue weighted by molar-refractivity contribution is 6.34. The number of rotatable bonds is 2. The van der Waals surface area contributed by atoms with Gasteiger partial charge in [-0.15, -0.1) is 0 Å². The Bertz CT molecular complexity index is 831. The molecule has 1 atom stereocenters. The van der Waals surface area contributed by atoms with E-state index in [1.54, 1.807) is 0 Å². The number of anilines is 1. The molecule has 1 aliphatic carbocycles. The summed E-state index contributed by atoms with van der Waals surface area (Å²) in [5, 5.41) is 22.0. The van der Waals surface area contributed by atoms with Crippen molar-refractivity contribution in [2.24, 2.45) is 0 Å². The molecule has 4 N–H and O–H groups in total. The van der Waals surface area contributed by atoms with E-state index in [2.05, 4.69) is 10.3 Å². The van der Waals surface area contributed by atoms with Gasteiger partial charge in [-0.25, -0.2) is 0 Å². The van der Waals surface area contributed by atoms with Gasteiger partial charge >= 0.3 is 0 Å². The normalized spacial score (nSPS) is 16.7. The van der Waals surface area contributed by atoms with E-state index in [1.807, 2.05) is 0 Å². The van der Waals surface area contributed by atoms with Gasteiger partial charge in [-0.1, -0.05) is 11.6 Å². The standard InChI is InChI=1S/C16H15ClN2O4/c17-11-6-8(20)4-5-13(11)19-16(23)10-7-9-12(18-15(10)22)2-1-3-14(9)21/h4-7,14,20-21H,1-3H2,(H,18,22)(H,19,23). The minimum atomic E-state index is -0.681. The molecule has 120 valence electrons. The lowest BCUT2D eigenvalue weighted by molar-refractivity contribution is 0.102. The summed E-state index contributed by atoms with van der Waals surface area (Å²) in [6.45, 7) is 0. The molecule has 6 nitrogen and oxygen atoms in total. The number of carbonyl (C=O) groups excluding carboxylic acids is 1. The van der Waals surface area contributed by atoms with Gasteiger partial charge in [0.2, 0.25) is 0 Å². The van der Waals surface area contributed by atoms with Crippen LogP contribution in [0, 0.1) is 0 Å². The van der Waals surface area contributed by atoms with Crippen molar-refractivity contribution in [1.82, 2.24) is 4.98 Å². The number of benzene rings is 1. The lowest BCUT2D eigenvalue weighted by Gasteiger charge is -2.21. The first-order valence-electron chi connectivity index (χ1n) is 7.19. The molecule has 7 heteroatoms. The van der Waals surface area contributed by atoms with Crippen LogP contribution in [0.5, 0.6) is 5.75 Å². The van der Waals surface area contributed by atoms with Gasteiger partial charge in [0, 0.05) is 17.3 Å². The van der Waals surface area contributed by atoms with E-state index in [0.29, 0.717) is 24.1 Å². The largest absolute Gasteiger partial charge is 0.508 e. The Morgan fingerprint density at radius 1 is 1.35 bits per heavy atom. The van der Waals surface area contributed by atoms with Crippen molar-refractivity contribution < 1.29 is 15.0 Å². The number of hydrogen-bond donors (Lipinski definition) is 4. The first-order chi connectivity index (χ1) is 11.0. The Morgan fingerprint density at radius 2 is 2.13 bits per heavy atom. The van der Waals surface area contributed by atoms with Crippen molar-refractivity contribution in [1.29, 1.82) is 0 Å². The fourth-order valence-corrected chi connectivity index (χ4v) is 2.90. The van der Waals surface area contributed by atoms with Crippen molar-refractivity contribution in [3.8, 4) is 5.75 Å². The number of hydrogen-bond acceptors (Lipinski definition) is 4. The van der Waals surface area contributed by atoms with E-state index < -0.39 is 17.6 Å². The Hall–Kier alpha value is -2.31. The second-order valence-electron chi connectivity index (χ2n) is 5.47. The molecule has 1 aromatic heterocycles. The number of amides is 1. The summed E-state index contributed by atoms with van der Waals surface area (Å²) in [5.74, 6) is -0.651. The monoisotopic (exact) mass is 334 g/mol. The quantitative estimate of drug-likeness (QED) is 0.633. The molecule has 0 bridgehead atoms. The topological polar surface area (TPSA) is 102 Å². The van der Waals surface area contributed by atoms with Crippen molar-refractivity contribution in [2.75, 3.05) is 5.32 Å². The number of nitrogens with one attached hydrogen (secondary N) is 2. The van der Waals surface area contributed by atoms with Crippen molar-refractivity contribution in [3.63, 3.8) is 0 Å². The summed E-state index contributed by atoms with van der Waals surface area (Å²) in [6.07, 6.45) is 1.38. The number of aromatic nitrogens is 1. The maximum Gasteiger partial charge on any atom is 0.261 e. The van der Waals surface area contributed by atoms with Gasteiger partial charge in [0.25, 0.3) is 11.5 Å². The van der Waals surface area contributed by atoms with Gasteiger partial charge in [-0.3, -0.25) is 9.59 Å². The van der Waals surface area contributed by atoms with Crippen molar-refractivity contribution >= 4 is 23.2 Å². The Balaban J connectivity index is 1.93. The molecule has 0 aliphatic heterocycles. The van der Waals surface area contributed by atoms with Crippen molar-refractivity contribution in [3.05, 3.63) is 56.5 Å². The zero-order chi connectivity index (χ0) is 16.6. The highest BCUT2D eigenvalue weighted by atomic mass is 35.5. The number of carbonyl (C=O) groups is 1. The SMILES string of the molecule is O=C(Nc1ccc(O)cc1Cl)c1cc2c([nH]c1=O)CCCC2O. The molecule has 1 amide bonds. The number of aromatic amines is 1. The fourth-order valence-electron chi connectivity index (χ4n) is 2.68. The van der Waals surface area contributed by atoms with Crippen LogP contribution < -0.4 is 10.9 Å². The van der Waals surface area contributed by atoms with Gasteiger partial charge in [-0.05, 0) is 37.5 Å². The number of aromatic hydroxyl groups is 1. The average Bonchev–Trinajstić information content (AvgIpc) is 2.49. The average molecular weight is 335 g/mol. The lowest BCUT2D eigenvalue weighted by Crippen LogP contribution is -2.27. The number of aliphatic hydroxyl groups is 1. The molecule has 3 rings (SSSR count). The van der Waals surface area contributed by atoms with Crippen LogP contribution >= 0.6 is 11.6 Å². The molecule has 0 fully saturated rings. The molecule has 0 radical (unpaired) electrons. The van der Waals surface area contributed by atoms with Crippen LogP contribution in [0.1, 0.15) is 40.6 Å². The Labute approximate surface area is 136 Å². The molecule has 1 aliphatic rings. The van der Waals surface area contributed by atoms with Crippen LogP contribution in [0.15, 0.2) is 29.1 Å². The number of phenols is 1. The van der Waals surface area contributed by atoms with Gasteiger partial charge in [0.1, 0.15) is 11.3 Å². The smallest absolute Gasteiger partial charge is 0.261 e. The van der Waals surface area contributed by atoms with Crippen LogP contribution in [-0.2, 0) is 6.42 Å². The number of aryl methyl sites for hydroxylation is 1. The molecular weight excluding hydrogens is 320 g/mol. The maximum atomic E-state index is 12.3. The lowest BCUT2D eigenvalue weighted by atomic mass is 9.92. The van der Waals surface area contributed by atoms with Gasteiger partial charge in [-0.2, -0.15) is 0 Å². The highest BCUT2D eigenvalue weighted by Gasteiger charge is 2.22. The third-order valence-electron chi connectivity index (χ3n) is 3.87. The Morgan fingerprint density at radius 3 is 2.87 bits per heavy atom.